The van der Waals surface area contributed by atoms with Crippen LogP contribution in [0.2, 0.25) is 0 Å². The maximum absolute atomic E-state index is 5.83. The SMILES string of the molecule is CN1CCC(c2ccc(N(C)c3ccc4c(c3)OCCC4)cc2)CC1. The van der Waals surface area contributed by atoms with Crippen molar-refractivity contribution in [3.8, 4) is 5.75 Å². The molecule has 25 heavy (non-hydrogen) atoms. The van der Waals surface area contributed by atoms with Crippen molar-refractivity contribution in [2.24, 2.45) is 0 Å². The van der Waals surface area contributed by atoms with E-state index in [0.717, 1.165) is 25.2 Å². The van der Waals surface area contributed by atoms with E-state index in [9.17, 15) is 0 Å². The van der Waals surface area contributed by atoms with Gasteiger partial charge in [0.1, 0.15) is 5.75 Å². The molecule has 1 fully saturated rings. The van der Waals surface area contributed by atoms with Crippen LogP contribution in [-0.4, -0.2) is 38.7 Å². The molecule has 0 saturated carbocycles. The maximum Gasteiger partial charge on any atom is 0.124 e. The summed E-state index contributed by atoms with van der Waals surface area (Å²) >= 11 is 0. The van der Waals surface area contributed by atoms with Crippen LogP contribution in [0.15, 0.2) is 42.5 Å². The minimum atomic E-state index is 0.715. The number of aryl methyl sites for hydroxylation is 1. The standard InChI is InChI=1S/C22H28N2O/c1-23-13-11-18(12-14-23)17-5-8-20(9-6-17)24(2)21-10-7-19-4-3-15-25-22(19)16-21/h5-10,16,18H,3-4,11-15H2,1-2H3. The van der Waals surface area contributed by atoms with Crippen molar-refractivity contribution in [3.63, 3.8) is 0 Å². The van der Waals surface area contributed by atoms with Gasteiger partial charge >= 0.3 is 0 Å². The van der Waals surface area contributed by atoms with Gasteiger partial charge in [0.05, 0.1) is 6.61 Å². The normalized spacial score (nSPS) is 18.5. The molecule has 2 aromatic rings. The second-order valence-electron chi connectivity index (χ2n) is 7.47. The van der Waals surface area contributed by atoms with Gasteiger partial charge in [-0.2, -0.15) is 0 Å². The van der Waals surface area contributed by atoms with Crippen LogP contribution >= 0.6 is 0 Å². The lowest BCUT2D eigenvalue weighted by atomic mass is 9.89. The lowest BCUT2D eigenvalue weighted by Crippen LogP contribution is -2.29. The summed E-state index contributed by atoms with van der Waals surface area (Å²) in [5.41, 5.74) is 5.24. The third-order valence-corrected chi connectivity index (χ3v) is 5.76. The van der Waals surface area contributed by atoms with Gasteiger partial charge in [0.2, 0.25) is 0 Å². The van der Waals surface area contributed by atoms with Gasteiger partial charge in [0.25, 0.3) is 0 Å². The smallest absolute Gasteiger partial charge is 0.124 e. The summed E-state index contributed by atoms with van der Waals surface area (Å²) in [7, 11) is 4.35. The predicted molar refractivity (Wildman–Crippen MR) is 104 cm³/mol. The summed E-state index contributed by atoms with van der Waals surface area (Å²) < 4.78 is 5.83. The van der Waals surface area contributed by atoms with Crippen LogP contribution in [0.25, 0.3) is 0 Å². The Morgan fingerprint density at radius 1 is 1.00 bits per heavy atom. The van der Waals surface area contributed by atoms with Crippen molar-refractivity contribution in [1.29, 1.82) is 0 Å². The lowest BCUT2D eigenvalue weighted by molar-refractivity contribution is 0.255. The molecule has 2 aliphatic rings. The molecule has 0 aromatic heterocycles. The summed E-state index contributed by atoms with van der Waals surface area (Å²) in [5.74, 6) is 1.77. The van der Waals surface area contributed by atoms with Crippen molar-refractivity contribution < 1.29 is 4.74 Å². The predicted octanol–water partition coefficient (Wildman–Crippen LogP) is 4.59. The average molecular weight is 336 g/mol. The number of hydrogen-bond acceptors (Lipinski definition) is 3. The summed E-state index contributed by atoms with van der Waals surface area (Å²) in [5, 5.41) is 0. The molecule has 4 rings (SSSR count). The first-order chi connectivity index (χ1) is 12.2. The highest BCUT2D eigenvalue weighted by atomic mass is 16.5. The Morgan fingerprint density at radius 2 is 1.72 bits per heavy atom. The minimum absolute atomic E-state index is 0.715. The molecule has 0 unspecified atom stereocenters. The number of fused-ring (bicyclic) bond motifs is 1. The molecule has 3 heteroatoms. The van der Waals surface area contributed by atoms with E-state index in [4.69, 9.17) is 4.74 Å². The first kappa shape index (κ1) is 16.5. The fraction of sp³-hybridized carbons (Fsp3) is 0.455. The molecule has 0 atom stereocenters. The molecule has 2 heterocycles. The molecule has 2 aliphatic heterocycles. The lowest BCUT2D eigenvalue weighted by Gasteiger charge is -2.29. The van der Waals surface area contributed by atoms with Gasteiger partial charge in [0, 0.05) is 24.5 Å². The van der Waals surface area contributed by atoms with Crippen LogP contribution in [0.3, 0.4) is 0 Å². The van der Waals surface area contributed by atoms with Crippen LogP contribution in [0.4, 0.5) is 11.4 Å². The Hall–Kier alpha value is -2.00. The van der Waals surface area contributed by atoms with E-state index in [1.54, 1.807) is 0 Å². The van der Waals surface area contributed by atoms with E-state index in [-0.39, 0.29) is 0 Å². The molecule has 3 nitrogen and oxygen atoms in total. The van der Waals surface area contributed by atoms with Crippen LogP contribution in [0.1, 0.15) is 36.3 Å². The maximum atomic E-state index is 5.83. The fourth-order valence-electron chi connectivity index (χ4n) is 4.00. The largest absolute Gasteiger partial charge is 0.493 e. The number of piperidine rings is 1. The molecule has 132 valence electrons. The van der Waals surface area contributed by atoms with Crippen molar-refractivity contribution in [1.82, 2.24) is 4.90 Å². The summed E-state index contributed by atoms with van der Waals surface area (Å²) in [6.07, 6.45) is 4.80. The Bertz CT molecular complexity index is 717. The third-order valence-electron chi connectivity index (χ3n) is 5.76. The highest BCUT2D eigenvalue weighted by Crippen LogP contribution is 2.33. The Labute approximate surface area is 151 Å². The number of hydrogen-bond donors (Lipinski definition) is 0. The van der Waals surface area contributed by atoms with Gasteiger partial charge in [-0.3, -0.25) is 0 Å². The van der Waals surface area contributed by atoms with Gasteiger partial charge in [-0.25, -0.2) is 0 Å². The van der Waals surface area contributed by atoms with Gasteiger partial charge < -0.3 is 14.5 Å². The van der Waals surface area contributed by atoms with Crippen molar-refractivity contribution in [2.45, 2.75) is 31.6 Å². The van der Waals surface area contributed by atoms with Crippen LogP contribution < -0.4 is 9.64 Å². The van der Waals surface area contributed by atoms with Crippen molar-refractivity contribution >= 4 is 11.4 Å². The molecule has 0 spiro atoms. The van der Waals surface area contributed by atoms with Gasteiger partial charge in [0.15, 0.2) is 0 Å². The highest BCUT2D eigenvalue weighted by Gasteiger charge is 2.18. The van der Waals surface area contributed by atoms with Crippen LogP contribution in [0.5, 0.6) is 5.75 Å². The van der Waals surface area contributed by atoms with Gasteiger partial charge in [-0.1, -0.05) is 18.2 Å². The molecular weight excluding hydrogens is 308 g/mol. The second-order valence-corrected chi connectivity index (χ2v) is 7.47. The van der Waals surface area contributed by atoms with E-state index in [1.165, 1.54) is 48.4 Å². The van der Waals surface area contributed by atoms with E-state index in [1.807, 2.05) is 0 Å². The van der Waals surface area contributed by atoms with Crippen LogP contribution in [0, 0.1) is 0 Å². The first-order valence-corrected chi connectivity index (χ1v) is 9.49. The number of anilines is 2. The van der Waals surface area contributed by atoms with Gasteiger partial charge in [-0.15, -0.1) is 0 Å². The summed E-state index contributed by atoms with van der Waals surface area (Å²) in [6, 6.07) is 15.8. The van der Waals surface area contributed by atoms with E-state index >= 15 is 0 Å². The summed E-state index contributed by atoms with van der Waals surface area (Å²) in [6.45, 7) is 3.26. The monoisotopic (exact) mass is 336 g/mol. The molecule has 0 bridgehead atoms. The van der Waals surface area contributed by atoms with Crippen molar-refractivity contribution in [3.05, 3.63) is 53.6 Å². The van der Waals surface area contributed by atoms with Gasteiger partial charge in [-0.05, 0) is 81.1 Å². The molecule has 2 aromatic carbocycles. The second kappa shape index (κ2) is 7.09. The number of ether oxygens (including phenoxy) is 1. The molecule has 1 saturated heterocycles. The molecule has 0 amide bonds. The zero-order valence-corrected chi connectivity index (χ0v) is 15.4. The average Bonchev–Trinajstić information content (AvgIpc) is 2.68. The fourth-order valence-corrected chi connectivity index (χ4v) is 4.00. The quantitative estimate of drug-likeness (QED) is 0.815. The molecule has 0 aliphatic carbocycles. The highest BCUT2D eigenvalue weighted by molar-refractivity contribution is 5.65. The number of nitrogens with zero attached hydrogens (tertiary/aromatic N) is 2. The Morgan fingerprint density at radius 3 is 2.48 bits per heavy atom. The van der Waals surface area contributed by atoms with E-state index in [0.29, 0.717) is 5.92 Å². The topological polar surface area (TPSA) is 15.7 Å². The first-order valence-electron chi connectivity index (χ1n) is 9.49. The van der Waals surface area contributed by atoms with E-state index < -0.39 is 0 Å². The third kappa shape index (κ3) is 3.52. The summed E-state index contributed by atoms with van der Waals surface area (Å²) in [4.78, 5) is 4.67. The number of likely N-dealkylation sites (tertiary alicyclic amines) is 1. The number of rotatable bonds is 3. The number of benzene rings is 2. The molecular formula is C22H28N2O. The van der Waals surface area contributed by atoms with Crippen LogP contribution in [-0.2, 0) is 6.42 Å². The minimum Gasteiger partial charge on any atom is -0.493 e. The van der Waals surface area contributed by atoms with E-state index in [2.05, 4.69) is 66.4 Å². The van der Waals surface area contributed by atoms with Crippen molar-refractivity contribution in [2.75, 3.05) is 38.7 Å². The molecule has 0 radical (unpaired) electrons. The Kier molecular flexibility index (Phi) is 4.67. The Balaban J connectivity index is 1.49. The zero-order valence-electron chi connectivity index (χ0n) is 15.4. The zero-order chi connectivity index (χ0) is 17.2. The molecule has 0 N–H and O–H groups in total.